The molecule has 0 aliphatic rings. The van der Waals surface area contributed by atoms with E-state index in [0.717, 1.165) is 22.8 Å². The molecule has 1 N–H and O–H groups in total. The SMILES string of the molecule is CNC(C#N)CCSc1ccoc1C. The van der Waals surface area contributed by atoms with Crippen LogP contribution in [0.15, 0.2) is 21.6 Å². The van der Waals surface area contributed by atoms with E-state index in [0.29, 0.717) is 0 Å². The Hall–Kier alpha value is -0.920. The molecule has 0 bridgehead atoms. The van der Waals surface area contributed by atoms with E-state index in [9.17, 15) is 0 Å². The lowest BCUT2D eigenvalue weighted by molar-refractivity contribution is 0.527. The number of nitrogens with zero attached hydrogens (tertiary/aromatic N) is 1. The van der Waals surface area contributed by atoms with E-state index in [1.54, 1.807) is 18.0 Å². The lowest BCUT2D eigenvalue weighted by atomic mass is 10.3. The summed E-state index contributed by atoms with van der Waals surface area (Å²) in [6.45, 7) is 1.95. The highest BCUT2D eigenvalue weighted by Gasteiger charge is 2.05. The van der Waals surface area contributed by atoms with Crippen molar-refractivity contribution in [3.63, 3.8) is 0 Å². The van der Waals surface area contributed by atoms with E-state index in [1.807, 2.05) is 20.0 Å². The fraction of sp³-hybridized carbons (Fsp3) is 0.500. The van der Waals surface area contributed by atoms with Gasteiger partial charge < -0.3 is 9.73 Å². The molecule has 1 atom stereocenters. The zero-order chi connectivity index (χ0) is 10.4. The van der Waals surface area contributed by atoms with Crippen LogP contribution >= 0.6 is 11.8 Å². The van der Waals surface area contributed by atoms with Crippen LogP contribution in [0.3, 0.4) is 0 Å². The molecule has 0 aliphatic carbocycles. The van der Waals surface area contributed by atoms with Gasteiger partial charge in [-0.1, -0.05) is 0 Å². The summed E-state index contributed by atoms with van der Waals surface area (Å²) in [5.41, 5.74) is 0. The number of nitriles is 1. The monoisotopic (exact) mass is 210 g/mol. The average molecular weight is 210 g/mol. The molecule has 1 heterocycles. The number of hydrogen-bond donors (Lipinski definition) is 1. The highest BCUT2D eigenvalue weighted by Crippen LogP contribution is 2.23. The minimum Gasteiger partial charge on any atom is -0.468 e. The first-order valence-corrected chi connectivity index (χ1v) is 5.50. The zero-order valence-electron chi connectivity index (χ0n) is 8.41. The predicted octanol–water partition coefficient (Wildman–Crippen LogP) is 2.18. The summed E-state index contributed by atoms with van der Waals surface area (Å²) < 4.78 is 5.17. The van der Waals surface area contributed by atoms with Crippen LogP contribution in [0.4, 0.5) is 0 Å². The van der Waals surface area contributed by atoms with Gasteiger partial charge in [0, 0.05) is 10.6 Å². The van der Waals surface area contributed by atoms with E-state index in [2.05, 4.69) is 11.4 Å². The molecule has 1 aromatic rings. The second-order valence-corrected chi connectivity index (χ2v) is 4.09. The third-order valence-corrected chi connectivity index (χ3v) is 3.15. The third kappa shape index (κ3) is 3.09. The van der Waals surface area contributed by atoms with Crippen LogP contribution in [-0.4, -0.2) is 18.8 Å². The van der Waals surface area contributed by atoms with Crippen molar-refractivity contribution in [3.8, 4) is 6.07 Å². The highest BCUT2D eigenvalue weighted by atomic mass is 32.2. The summed E-state index contributed by atoms with van der Waals surface area (Å²) in [6, 6.07) is 4.11. The fourth-order valence-electron chi connectivity index (χ4n) is 1.08. The molecule has 14 heavy (non-hydrogen) atoms. The van der Waals surface area contributed by atoms with Gasteiger partial charge in [0.25, 0.3) is 0 Å². The van der Waals surface area contributed by atoms with Gasteiger partial charge in [0.05, 0.1) is 18.4 Å². The summed E-state index contributed by atoms with van der Waals surface area (Å²) in [5, 5.41) is 11.6. The van der Waals surface area contributed by atoms with Crippen molar-refractivity contribution >= 4 is 11.8 Å². The zero-order valence-corrected chi connectivity index (χ0v) is 9.23. The quantitative estimate of drug-likeness (QED) is 0.757. The molecule has 1 aromatic heterocycles. The molecule has 0 spiro atoms. The molecular weight excluding hydrogens is 196 g/mol. The first-order chi connectivity index (χ1) is 6.77. The summed E-state index contributed by atoms with van der Waals surface area (Å²) in [5.74, 6) is 1.88. The maximum Gasteiger partial charge on any atom is 0.114 e. The Kier molecular flexibility index (Phi) is 4.57. The van der Waals surface area contributed by atoms with Gasteiger partial charge in [-0.3, -0.25) is 0 Å². The van der Waals surface area contributed by atoms with E-state index >= 15 is 0 Å². The van der Waals surface area contributed by atoms with Crippen LogP contribution in [0.1, 0.15) is 12.2 Å². The topological polar surface area (TPSA) is 49.0 Å². The highest BCUT2D eigenvalue weighted by molar-refractivity contribution is 7.99. The number of furan rings is 1. The van der Waals surface area contributed by atoms with E-state index < -0.39 is 0 Å². The number of hydrogen-bond acceptors (Lipinski definition) is 4. The molecule has 76 valence electrons. The fourth-order valence-corrected chi connectivity index (χ4v) is 2.06. The smallest absolute Gasteiger partial charge is 0.114 e. The Labute approximate surface area is 88.5 Å². The largest absolute Gasteiger partial charge is 0.468 e. The molecule has 0 fully saturated rings. The lowest BCUT2D eigenvalue weighted by Gasteiger charge is -2.05. The van der Waals surface area contributed by atoms with Crippen molar-refractivity contribution in [2.24, 2.45) is 0 Å². The van der Waals surface area contributed by atoms with Crippen LogP contribution in [0.25, 0.3) is 0 Å². The predicted molar refractivity (Wildman–Crippen MR) is 57.2 cm³/mol. The molecule has 0 saturated heterocycles. The van der Waals surface area contributed by atoms with Gasteiger partial charge >= 0.3 is 0 Å². The second-order valence-electron chi connectivity index (χ2n) is 2.95. The molecular formula is C10H14N2OS. The van der Waals surface area contributed by atoms with Gasteiger partial charge in [-0.25, -0.2) is 0 Å². The van der Waals surface area contributed by atoms with Crippen molar-refractivity contribution in [2.45, 2.75) is 24.3 Å². The number of rotatable bonds is 5. The van der Waals surface area contributed by atoms with Gasteiger partial charge in [0.15, 0.2) is 0 Å². The molecule has 0 aromatic carbocycles. The number of aryl methyl sites for hydroxylation is 1. The number of thioether (sulfide) groups is 1. The molecule has 0 aliphatic heterocycles. The maximum absolute atomic E-state index is 8.70. The van der Waals surface area contributed by atoms with Gasteiger partial charge in [0.1, 0.15) is 5.76 Å². The Morgan fingerprint density at radius 3 is 3.00 bits per heavy atom. The normalized spacial score (nSPS) is 12.4. The Bertz CT molecular complexity index is 316. The third-order valence-electron chi connectivity index (χ3n) is 1.98. The molecule has 1 rings (SSSR count). The molecule has 0 radical (unpaired) electrons. The Morgan fingerprint density at radius 1 is 1.71 bits per heavy atom. The molecule has 3 nitrogen and oxygen atoms in total. The van der Waals surface area contributed by atoms with Crippen molar-refractivity contribution < 1.29 is 4.42 Å². The summed E-state index contributed by atoms with van der Waals surface area (Å²) >= 11 is 1.73. The van der Waals surface area contributed by atoms with Crippen LogP contribution in [0.5, 0.6) is 0 Å². The van der Waals surface area contributed by atoms with Gasteiger partial charge in [-0.15, -0.1) is 11.8 Å². The summed E-state index contributed by atoms with van der Waals surface area (Å²) in [7, 11) is 1.81. The first kappa shape index (κ1) is 11.2. The van der Waals surface area contributed by atoms with Crippen LogP contribution in [0.2, 0.25) is 0 Å². The molecule has 0 saturated carbocycles. The Balaban J connectivity index is 2.29. The standard InChI is InChI=1S/C10H14N2OS/c1-8-10(3-5-13-8)14-6-4-9(7-11)12-2/h3,5,9,12H,4,6H2,1-2H3. The van der Waals surface area contributed by atoms with Crippen molar-refractivity contribution in [3.05, 3.63) is 18.1 Å². The van der Waals surface area contributed by atoms with E-state index in [4.69, 9.17) is 9.68 Å². The van der Waals surface area contributed by atoms with Gasteiger partial charge in [0.2, 0.25) is 0 Å². The van der Waals surface area contributed by atoms with Crippen LogP contribution in [-0.2, 0) is 0 Å². The second kappa shape index (κ2) is 5.74. The minimum absolute atomic E-state index is 0.0466. The summed E-state index contributed by atoms with van der Waals surface area (Å²) in [6.07, 6.45) is 2.54. The lowest BCUT2D eigenvalue weighted by Crippen LogP contribution is -2.23. The van der Waals surface area contributed by atoms with Crippen molar-refractivity contribution in [2.75, 3.05) is 12.8 Å². The van der Waals surface area contributed by atoms with Crippen LogP contribution < -0.4 is 5.32 Å². The van der Waals surface area contributed by atoms with E-state index in [1.165, 1.54) is 0 Å². The van der Waals surface area contributed by atoms with Gasteiger partial charge in [-0.05, 0) is 26.5 Å². The van der Waals surface area contributed by atoms with Gasteiger partial charge in [-0.2, -0.15) is 5.26 Å². The van der Waals surface area contributed by atoms with E-state index in [-0.39, 0.29) is 6.04 Å². The number of nitrogens with one attached hydrogen (secondary N) is 1. The van der Waals surface area contributed by atoms with Crippen molar-refractivity contribution in [1.82, 2.24) is 5.32 Å². The molecule has 0 amide bonds. The summed E-state index contributed by atoms with van der Waals surface area (Å²) in [4.78, 5) is 1.16. The first-order valence-electron chi connectivity index (χ1n) is 4.51. The Morgan fingerprint density at radius 2 is 2.50 bits per heavy atom. The molecule has 4 heteroatoms. The van der Waals surface area contributed by atoms with Crippen LogP contribution in [0, 0.1) is 18.3 Å². The molecule has 1 unspecified atom stereocenters. The van der Waals surface area contributed by atoms with Crippen molar-refractivity contribution in [1.29, 1.82) is 5.26 Å². The average Bonchev–Trinajstić information content (AvgIpc) is 2.59. The maximum atomic E-state index is 8.70. The minimum atomic E-state index is -0.0466.